The first-order valence-corrected chi connectivity index (χ1v) is 10.2. The molecule has 6 atom stereocenters. The largest absolute Gasteiger partial charge is 0.389 e. The van der Waals surface area contributed by atoms with Crippen molar-refractivity contribution in [3.63, 3.8) is 0 Å². The topological polar surface area (TPSA) is 94.5 Å². The van der Waals surface area contributed by atoms with Gasteiger partial charge in [-0.3, -0.25) is 0 Å². The summed E-state index contributed by atoms with van der Waals surface area (Å²) in [6.07, 6.45) is -2.18. The van der Waals surface area contributed by atoms with Gasteiger partial charge in [0.25, 0.3) is 0 Å². The van der Waals surface area contributed by atoms with Gasteiger partial charge in [-0.05, 0) is 41.0 Å². The average Bonchev–Trinajstić information content (AvgIpc) is 2.92. The number of hydrogen-bond acceptors (Lipinski definition) is 7. The zero-order valence-electron chi connectivity index (χ0n) is 15.3. The van der Waals surface area contributed by atoms with Crippen LogP contribution in [-0.4, -0.2) is 77.8 Å². The fourth-order valence-corrected chi connectivity index (χ4v) is 6.03. The predicted molar refractivity (Wildman–Crippen MR) is 87.2 cm³/mol. The summed E-state index contributed by atoms with van der Waals surface area (Å²) in [5.74, 6) is -0.779. The lowest BCUT2D eigenvalue weighted by Crippen LogP contribution is -2.73. The highest BCUT2D eigenvalue weighted by molar-refractivity contribution is 7.90. The quantitative estimate of drug-likeness (QED) is 0.697. The molecule has 0 spiro atoms. The van der Waals surface area contributed by atoms with Crippen molar-refractivity contribution in [2.75, 3.05) is 13.2 Å². The SMILES string of the molecule is CC1(C)O[C@H]2O[C@@H]3[C@@H]4[C@H](O)CO[C@@]3(CCN4S(=O)(=O)C(C)(C)C)[C@H]2O1. The number of ether oxygens (including phenoxy) is 4. The monoisotopic (exact) mass is 377 g/mol. The zero-order chi connectivity index (χ0) is 18.4. The lowest BCUT2D eigenvalue weighted by Gasteiger charge is -2.54. The van der Waals surface area contributed by atoms with Crippen LogP contribution in [0, 0.1) is 0 Å². The van der Waals surface area contributed by atoms with Crippen molar-refractivity contribution < 1.29 is 32.5 Å². The van der Waals surface area contributed by atoms with Crippen LogP contribution in [0.5, 0.6) is 0 Å². The molecule has 0 saturated carbocycles. The maximum absolute atomic E-state index is 13.0. The van der Waals surface area contributed by atoms with E-state index in [9.17, 15) is 13.5 Å². The van der Waals surface area contributed by atoms with Crippen molar-refractivity contribution in [2.24, 2.45) is 0 Å². The number of aliphatic hydroxyl groups excluding tert-OH is 1. The van der Waals surface area contributed by atoms with Gasteiger partial charge in [0, 0.05) is 6.54 Å². The Labute approximate surface area is 148 Å². The van der Waals surface area contributed by atoms with Crippen LogP contribution in [0.1, 0.15) is 41.0 Å². The minimum absolute atomic E-state index is 0.0493. The Hall–Kier alpha value is -0.290. The van der Waals surface area contributed by atoms with Gasteiger partial charge in [-0.2, -0.15) is 4.31 Å². The minimum Gasteiger partial charge on any atom is -0.389 e. The summed E-state index contributed by atoms with van der Waals surface area (Å²) in [7, 11) is -3.62. The molecule has 0 aliphatic carbocycles. The second-order valence-electron chi connectivity index (χ2n) is 8.78. The average molecular weight is 377 g/mol. The summed E-state index contributed by atoms with van der Waals surface area (Å²) >= 11 is 0. The summed E-state index contributed by atoms with van der Waals surface area (Å²) in [6.45, 7) is 8.92. The van der Waals surface area contributed by atoms with E-state index in [1.165, 1.54) is 4.31 Å². The first kappa shape index (κ1) is 18.1. The second-order valence-corrected chi connectivity index (χ2v) is 11.4. The molecule has 4 saturated heterocycles. The van der Waals surface area contributed by atoms with Gasteiger partial charge in [0.1, 0.15) is 17.8 Å². The molecule has 4 rings (SSSR count). The molecule has 9 heteroatoms. The molecule has 2 bridgehead atoms. The first-order chi connectivity index (χ1) is 11.4. The lowest BCUT2D eigenvalue weighted by atomic mass is 9.78. The fraction of sp³-hybridized carbons (Fsp3) is 1.00. The van der Waals surface area contributed by atoms with Crippen LogP contribution in [0.15, 0.2) is 0 Å². The Kier molecular flexibility index (Phi) is 3.73. The van der Waals surface area contributed by atoms with E-state index >= 15 is 0 Å². The molecule has 4 aliphatic heterocycles. The van der Waals surface area contributed by atoms with Crippen LogP contribution < -0.4 is 0 Å². The zero-order valence-corrected chi connectivity index (χ0v) is 16.1. The summed E-state index contributed by atoms with van der Waals surface area (Å²) in [5, 5.41) is 10.5. The lowest BCUT2D eigenvalue weighted by molar-refractivity contribution is -0.281. The van der Waals surface area contributed by atoms with Crippen LogP contribution in [0.25, 0.3) is 0 Å². The Bertz CT molecular complexity index is 672. The van der Waals surface area contributed by atoms with E-state index in [4.69, 9.17) is 18.9 Å². The van der Waals surface area contributed by atoms with Crippen molar-refractivity contribution in [1.29, 1.82) is 0 Å². The van der Waals surface area contributed by atoms with Gasteiger partial charge in [-0.25, -0.2) is 8.42 Å². The number of fused-ring (bicyclic) bond motifs is 1. The summed E-state index contributed by atoms with van der Waals surface area (Å²) < 4.78 is 50.4. The van der Waals surface area contributed by atoms with E-state index in [1.807, 2.05) is 13.8 Å². The second kappa shape index (κ2) is 5.15. The first-order valence-electron chi connectivity index (χ1n) is 8.74. The molecule has 1 N–H and O–H groups in total. The highest BCUT2D eigenvalue weighted by Crippen LogP contribution is 2.53. The summed E-state index contributed by atoms with van der Waals surface area (Å²) in [6, 6.07) is -0.701. The number of aliphatic hydroxyl groups is 1. The molecule has 0 unspecified atom stereocenters. The van der Waals surface area contributed by atoms with Crippen LogP contribution >= 0.6 is 0 Å². The van der Waals surface area contributed by atoms with Gasteiger partial charge in [0.05, 0.1) is 23.5 Å². The Morgan fingerprint density at radius 3 is 2.48 bits per heavy atom. The number of nitrogens with zero attached hydrogens (tertiary/aromatic N) is 1. The van der Waals surface area contributed by atoms with Gasteiger partial charge in [-0.1, -0.05) is 0 Å². The molecule has 144 valence electrons. The number of rotatable bonds is 1. The Morgan fingerprint density at radius 2 is 1.84 bits per heavy atom. The van der Waals surface area contributed by atoms with Crippen LogP contribution in [0.2, 0.25) is 0 Å². The third-order valence-corrected chi connectivity index (χ3v) is 8.26. The van der Waals surface area contributed by atoms with Gasteiger partial charge < -0.3 is 24.1 Å². The van der Waals surface area contributed by atoms with Crippen LogP contribution in [-0.2, 0) is 29.0 Å². The van der Waals surface area contributed by atoms with E-state index in [0.29, 0.717) is 6.42 Å². The fourth-order valence-electron chi connectivity index (χ4n) is 4.42. The Morgan fingerprint density at radius 1 is 1.16 bits per heavy atom. The number of piperidine rings is 1. The summed E-state index contributed by atoms with van der Waals surface area (Å²) in [5.41, 5.74) is -0.785. The van der Waals surface area contributed by atoms with Gasteiger partial charge in [0.2, 0.25) is 10.0 Å². The third kappa shape index (κ3) is 2.37. The third-order valence-electron chi connectivity index (χ3n) is 5.67. The molecule has 0 radical (unpaired) electrons. The molecule has 8 nitrogen and oxygen atoms in total. The normalized spacial score (nSPS) is 46.7. The van der Waals surface area contributed by atoms with Gasteiger partial charge >= 0.3 is 0 Å². The highest BCUT2D eigenvalue weighted by atomic mass is 32.2. The maximum Gasteiger partial charge on any atom is 0.219 e. The van der Waals surface area contributed by atoms with Crippen molar-refractivity contribution in [1.82, 2.24) is 4.31 Å². The molecular weight excluding hydrogens is 350 g/mol. The van der Waals surface area contributed by atoms with E-state index < -0.39 is 56.8 Å². The van der Waals surface area contributed by atoms with E-state index in [0.717, 1.165) is 0 Å². The van der Waals surface area contributed by atoms with Crippen LogP contribution in [0.4, 0.5) is 0 Å². The molecule has 0 amide bonds. The molecule has 4 fully saturated rings. The molecule has 0 aromatic heterocycles. The van der Waals surface area contributed by atoms with E-state index in [-0.39, 0.29) is 13.2 Å². The van der Waals surface area contributed by atoms with Crippen molar-refractivity contribution in [3.8, 4) is 0 Å². The molecular formula is C16H27NO7S. The predicted octanol–water partition coefficient (Wildman–Crippen LogP) is 0.195. The number of sulfonamides is 1. The standard InChI is InChI=1S/C16H27NO7S/c1-14(2,3)25(19,20)17-7-6-16-11(10(17)9(18)8-21-16)22-13-12(16)23-15(4,5)24-13/h9-13,18H,6-8H2,1-5H3/t9-,10+,11-,12+,13-,16-/m1/s1. The van der Waals surface area contributed by atoms with Crippen molar-refractivity contribution >= 4 is 10.0 Å². The van der Waals surface area contributed by atoms with Crippen molar-refractivity contribution in [2.45, 2.75) is 87.8 Å². The van der Waals surface area contributed by atoms with E-state index in [1.54, 1.807) is 20.8 Å². The van der Waals surface area contributed by atoms with Gasteiger partial charge in [-0.15, -0.1) is 0 Å². The van der Waals surface area contributed by atoms with Crippen molar-refractivity contribution in [3.05, 3.63) is 0 Å². The molecule has 25 heavy (non-hydrogen) atoms. The maximum atomic E-state index is 13.0. The molecule has 4 heterocycles. The van der Waals surface area contributed by atoms with Crippen LogP contribution in [0.3, 0.4) is 0 Å². The summed E-state index contributed by atoms with van der Waals surface area (Å²) in [4.78, 5) is 0. The smallest absolute Gasteiger partial charge is 0.219 e. The highest BCUT2D eigenvalue weighted by Gasteiger charge is 2.71. The minimum atomic E-state index is -3.62. The molecule has 4 aliphatic rings. The number of hydrogen-bond donors (Lipinski definition) is 1. The van der Waals surface area contributed by atoms with E-state index in [2.05, 4.69) is 0 Å². The van der Waals surface area contributed by atoms with Gasteiger partial charge in [0.15, 0.2) is 12.1 Å². The molecule has 0 aromatic rings. The Balaban J connectivity index is 1.72. The molecule has 0 aromatic carbocycles.